The summed E-state index contributed by atoms with van der Waals surface area (Å²) in [6.07, 6.45) is 6.82. The smallest absolute Gasteiger partial charge is 0.135 e. The Hall–Kier alpha value is -0.680. The zero-order valence-corrected chi connectivity index (χ0v) is 12.1. The Labute approximate surface area is 113 Å². The monoisotopic (exact) mass is 269 g/mol. The second kappa shape index (κ2) is 7.04. The van der Waals surface area contributed by atoms with E-state index in [4.69, 9.17) is 4.74 Å². The van der Waals surface area contributed by atoms with Crippen molar-refractivity contribution >= 4 is 16.5 Å². The molecule has 2 unspecified atom stereocenters. The molecule has 18 heavy (non-hydrogen) atoms. The average molecular weight is 269 g/mol. The molecule has 0 amide bonds. The maximum atomic E-state index is 6.08. The number of nitrogens with one attached hydrogen (secondary N) is 1. The first-order valence-corrected chi connectivity index (χ1v) is 7.79. The summed E-state index contributed by atoms with van der Waals surface area (Å²) in [5.74, 6) is 0.730. The molecule has 1 aromatic rings. The third-order valence-corrected chi connectivity index (χ3v) is 4.42. The summed E-state index contributed by atoms with van der Waals surface area (Å²) >= 11 is 1.42. The van der Waals surface area contributed by atoms with Gasteiger partial charge in [-0.1, -0.05) is 30.7 Å². The highest BCUT2D eigenvalue weighted by Crippen LogP contribution is 2.30. The van der Waals surface area contributed by atoms with Crippen LogP contribution in [-0.4, -0.2) is 22.2 Å². The van der Waals surface area contributed by atoms with Gasteiger partial charge >= 0.3 is 0 Å². The molecule has 102 valence electrons. The van der Waals surface area contributed by atoms with Crippen LogP contribution in [0.15, 0.2) is 0 Å². The molecule has 0 spiro atoms. The SMILES string of the molecule is CCNc1snnc1COC1CCCCC1CC. The highest BCUT2D eigenvalue weighted by atomic mass is 32.1. The van der Waals surface area contributed by atoms with Crippen molar-refractivity contribution in [3.8, 4) is 0 Å². The van der Waals surface area contributed by atoms with Crippen LogP contribution < -0.4 is 5.32 Å². The minimum absolute atomic E-state index is 0.417. The third-order valence-electron chi connectivity index (χ3n) is 3.69. The maximum Gasteiger partial charge on any atom is 0.135 e. The summed E-state index contributed by atoms with van der Waals surface area (Å²) in [5, 5.41) is 8.49. The molecule has 0 bridgehead atoms. The van der Waals surface area contributed by atoms with Gasteiger partial charge in [0.2, 0.25) is 0 Å². The molecule has 1 N–H and O–H groups in total. The molecule has 1 fully saturated rings. The maximum absolute atomic E-state index is 6.08. The number of aromatic nitrogens is 2. The van der Waals surface area contributed by atoms with Crippen molar-refractivity contribution < 1.29 is 4.74 Å². The van der Waals surface area contributed by atoms with Crippen LogP contribution in [-0.2, 0) is 11.3 Å². The van der Waals surface area contributed by atoms with Gasteiger partial charge in [0.15, 0.2) is 0 Å². The first kappa shape index (κ1) is 13.7. The number of nitrogens with zero attached hydrogens (tertiary/aromatic N) is 2. The topological polar surface area (TPSA) is 47.0 Å². The molecule has 0 aliphatic heterocycles. The normalized spacial score (nSPS) is 24.1. The number of hydrogen-bond acceptors (Lipinski definition) is 5. The van der Waals surface area contributed by atoms with Crippen LogP contribution in [0.5, 0.6) is 0 Å². The van der Waals surface area contributed by atoms with Crippen LogP contribution >= 0.6 is 11.5 Å². The Bertz CT molecular complexity index is 356. The predicted molar refractivity (Wildman–Crippen MR) is 74.9 cm³/mol. The van der Waals surface area contributed by atoms with E-state index < -0.39 is 0 Å². The van der Waals surface area contributed by atoms with Gasteiger partial charge in [0.05, 0.1) is 12.7 Å². The summed E-state index contributed by atoms with van der Waals surface area (Å²) in [6.45, 7) is 5.84. The van der Waals surface area contributed by atoms with Gasteiger partial charge in [-0.2, -0.15) is 0 Å². The number of rotatable bonds is 6. The van der Waals surface area contributed by atoms with E-state index in [-0.39, 0.29) is 0 Å². The van der Waals surface area contributed by atoms with Crippen molar-refractivity contribution in [3.05, 3.63) is 5.69 Å². The van der Waals surface area contributed by atoms with Crippen molar-refractivity contribution in [2.45, 2.75) is 58.7 Å². The molecule has 2 atom stereocenters. The summed E-state index contributed by atoms with van der Waals surface area (Å²) in [7, 11) is 0. The molecule has 2 rings (SSSR count). The second-order valence-corrected chi connectivity index (χ2v) is 5.64. The Balaban J connectivity index is 1.87. The molecule has 0 aromatic carbocycles. The van der Waals surface area contributed by atoms with Crippen molar-refractivity contribution in [1.29, 1.82) is 0 Å². The Morgan fingerprint density at radius 2 is 2.17 bits per heavy atom. The molecule has 1 aromatic heterocycles. The molecule has 1 aliphatic carbocycles. The molecule has 1 aliphatic rings. The van der Waals surface area contributed by atoms with Crippen molar-refractivity contribution in [2.24, 2.45) is 5.92 Å². The first-order chi connectivity index (χ1) is 8.85. The number of anilines is 1. The van der Waals surface area contributed by atoms with Crippen molar-refractivity contribution in [3.63, 3.8) is 0 Å². The van der Waals surface area contributed by atoms with E-state index >= 15 is 0 Å². The average Bonchev–Trinajstić information content (AvgIpc) is 2.84. The van der Waals surface area contributed by atoms with Crippen LogP contribution in [0.2, 0.25) is 0 Å². The van der Waals surface area contributed by atoms with Gasteiger partial charge in [-0.25, -0.2) is 0 Å². The molecule has 4 nitrogen and oxygen atoms in total. The number of ether oxygens (including phenoxy) is 1. The summed E-state index contributed by atoms with van der Waals surface area (Å²) in [6, 6.07) is 0. The molecule has 1 heterocycles. The zero-order valence-electron chi connectivity index (χ0n) is 11.3. The summed E-state index contributed by atoms with van der Waals surface area (Å²) in [5.41, 5.74) is 0.960. The quantitative estimate of drug-likeness (QED) is 0.859. The molecular weight excluding hydrogens is 246 g/mol. The fourth-order valence-electron chi connectivity index (χ4n) is 2.64. The second-order valence-electron chi connectivity index (χ2n) is 4.88. The Kier molecular flexibility index (Phi) is 5.38. The lowest BCUT2D eigenvalue weighted by Crippen LogP contribution is -2.27. The van der Waals surface area contributed by atoms with Crippen molar-refractivity contribution in [2.75, 3.05) is 11.9 Å². The predicted octanol–water partition coefficient (Wildman–Crippen LogP) is 3.46. The molecule has 1 saturated carbocycles. The Morgan fingerprint density at radius 1 is 1.33 bits per heavy atom. The van der Waals surface area contributed by atoms with Crippen molar-refractivity contribution in [1.82, 2.24) is 9.59 Å². The van der Waals surface area contributed by atoms with E-state index in [1.165, 1.54) is 43.6 Å². The van der Waals surface area contributed by atoms with E-state index in [1.807, 2.05) is 0 Å². The lowest BCUT2D eigenvalue weighted by atomic mass is 9.85. The van der Waals surface area contributed by atoms with Gasteiger partial charge in [-0.3, -0.25) is 0 Å². The summed E-state index contributed by atoms with van der Waals surface area (Å²) in [4.78, 5) is 0. The van der Waals surface area contributed by atoms with E-state index in [9.17, 15) is 0 Å². The minimum Gasteiger partial charge on any atom is -0.374 e. The largest absolute Gasteiger partial charge is 0.374 e. The lowest BCUT2D eigenvalue weighted by Gasteiger charge is -2.30. The molecule has 0 radical (unpaired) electrons. The van der Waals surface area contributed by atoms with E-state index in [2.05, 4.69) is 28.8 Å². The van der Waals surface area contributed by atoms with Gasteiger partial charge in [-0.15, -0.1) is 5.10 Å². The molecule has 0 saturated heterocycles. The fourth-order valence-corrected chi connectivity index (χ4v) is 3.28. The van der Waals surface area contributed by atoms with Gasteiger partial charge < -0.3 is 10.1 Å². The van der Waals surface area contributed by atoms with E-state index in [1.54, 1.807) is 0 Å². The third kappa shape index (κ3) is 3.42. The summed E-state index contributed by atoms with van der Waals surface area (Å²) < 4.78 is 10.1. The van der Waals surface area contributed by atoms with Gasteiger partial charge in [0.25, 0.3) is 0 Å². The van der Waals surface area contributed by atoms with Crippen LogP contribution in [0.4, 0.5) is 5.00 Å². The highest BCUT2D eigenvalue weighted by molar-refractivity contribution is 7.10. The minimum atomic E-state index is 0.417. The van der Waals surface area contributed by atoms with Gasteiger partial charge in [-0.05, 0) is 25.7 Å². The van der Waals surface area contributed by atoms with Crippen LogP contribution in [0.1, 0.15) is 51.6 Å². The van der Waals surface area contributed by atoms with E-state index in [0.717, 1.165) is 23.2 Å². The van der Waals surface area contributed by atoms with E-state index in [0.29, 0.717) is 12.7 Å². The molecule has 5 heteroatoms. The standard InChI is InChI=1S/C13H23N3OS/c1-3-10-7-5-6-8-12(10)17-9-11-13(14-4-2)18-16-15-11/h10,12,14H,3-9H2,1-2H3. The molecular formula is C13H23N3OS. The zero-order chi connectivity index (χ0) is 12.8. The van der Waals surface area contributed by atoms with Crippen LogP contribution in [0, 0.1) is 5.92 Å². The van der Waals surface area contributed by atoms with Crippen LogP contribution in [0.25, 0.3) is 0 Å². The fraction of sp³-hybridized carbons (Fsp3) is 0.846. The highest BCUT2D eigenvalue weighted by Gasteiger charge is 2.24. The van der Waals surface area contributed by atoms with Gasteiger partial charge in [0, 0.05) is 18.1 Å². The number of hydrogen-bond donors (Lipinski definition) is 1. The lowest BCUT2D eigenvalue weighted by molar-refractivity contribution is -0.0232. The van der Waals surface area contributed by atoms with Crippen LogP contribution in [0.3, 0.4) is 0 Å². The first-order valence-electron chi connectivity index (χ1n) is 7.01. The Morgan fingerprint density at radius 3 is 2.94 bits per heavy atom. The van der Waals surface area contributed by atoms with Gasteiger partial charge in [0.1, 0.15) is 10.7 Å².